The van der Waals surface area contributed by atoms with Gasteiger partial charge in [0.1, 0.15) is 11.0 Å². The number of carbonyl (C=O) groups excluding carboxylic acids is 1. The molecule has 6 nitrogen and oxygen atoms in total. The lowest BCUT2D eigenvalue weighted by molar-refractivity contribution is -0.138. The number of halogens is 3. The van der Waals surface area contributed by atoms with Gasteiger partial charge in [0.15, 0.2) is 0 Å². The number of aliphatic carboxylic acids is 1. The Morgan fingerprint density at radius 3 is 2.23 bits per heavy atom. The van der Waals surface area contributed by atoms with E-state index in [1.54, 1.807) is 6.07 Å². The van der Waals surface area contributed by atoms with Crippen LogP contribution >= 0.6 is 0 Å². The number of rotatable bonds is 8. The van der Waals surface area contributed by atoms with Crippen LogP contribution in [0, 0.1) is 0 Å². The summed E-state index contributed by atoms with van der Waals surface area (Å²) >= 11 is 0. The van der Waals surface area contributed by atoms with E-state index in [0.29, 0.717) is 11.1 Å². The first kappa shape index (κ1) is 23.4. The molecule has 0 aliphatic carbocycles. The highest BCUT2D eigenvalue weighted by Gasteiger charge is 2.30. The van der Waals surface area contributed by atoms with Gasteiger partial charge in [-0.2, -0.15) is 13.2 Å². The van der Waals surface area contributed by atoms with Crippen LogP contribution in [0.2, 0.25) is 0 Å². The molecule has 0 aromatic heterocycles. The number of carboxylic acid groups (broad SMARTS) is 1. The summed E-state index contributed by atoms with van der Waals surface area (Å²) in [6, 6.07) is 8.92. The highest BCUT2D eigenvalue weighted by Crippen LogP contribution is 2.29. The smallest absolute Gasteiger partial charge is 0.416 e. The maximum absolute atomic E-state index is 12.6. The van der Waals surface area contributed by atoms with Crippen LogP contribution in [0.15, 0.2) is 42.5 Å². The number of hydrogen-bond donors (Lipinski definition) is 2. The fraction of sp³-hybridized carbons (Fsp3) is 0.300. The van der Waals surface area contributed by atoms with Gasteiger partial charge in [-0.25, -0.2) is 0 Å². The van der Waals surface area contributed by atoms with Crippen molar-refractivity contribution < 1.29 is 36.8 Å². The topological polar surface area (TPSA) is 92.7 Å². The number of benzene rings is 2. The van der Waals surface area contributed by atoms with E-state index >= 15 is 0 Å². The molecule has 1 amide bonds. The molecule has 0 saturated heterocycles. The quantitative estimate of drug-likeness (QED) is 0.654. The Morgan fingerprint density at radius 2 is 1.73 bits per heavy atom. The second kappa shape index (κ2) is 9.75. The van der Waals surface area contributed by atoms with E-state index in [1.165, 1.54) is 37.6 Å². The predicted octanol–water partition coefficient (Wildman–Crippen LogP) is 3.02. The number of alkyl halides is 3. The molecule has 0 aliphatic heterocycles. The normalized spacial score (nSPS) is 13.4. The maximum atomic E-state index is 12.6. The fourth-order valence-corrected chi connectivity index (χ4v) is 3.42. The molecule has 0 radical (unpaired) electrons. The Kier molecular flexibility index (Phi) is 7.60. The highest BCUT2D eigenvalue weighted by atomic mass is 32.2. The summed E-state index contributed by atoms with van der Waals surface area (Å²) in [5.74, 6) is -1.51. The summed E-state index contributed by atoms with van der Waals surface area (Å²) < 4.78 is 54.7. The minimum atomic E-state index is -4.44. The first-order valence-electron chi connectivity index (χ1n) is 8.69. The van der Waals surface area contributed by atoms with Gasteiger partial charge in [-0.1, -0.05) is 18.2 Å². The first-order valence-corrected chi connectivity index (χ1v) is 10.3. The van der Waals surface area contributed by atoms with Gasteiger partial charge in [-0.05, 0) is 41.8 Å². The summed E-state index contributed by atoms with van der Waals surface area (Å²) in [5, 5.41) is 10.7. The molecular weight excluding hydrogens is 423 g/mol. The van der Waals surface area contributed by atoms with Crippen LogP contribution in [-0.4, -0.2) is 39.8 Å². The monoisotopic (exact) mass is 443 g/mol. The van der Waals surface area contributed by atoms with E-state index < -0.39 is 39.7 Å². The molecule has 0 bridgehead atoms. The van der Waals surface area contributed by atoms with Crippen LogP contribution in [0.1, 0.15) is 27.0 Å². The second-order valence-electron chi connectivity index (χ2n) is 6.44. The molecule has 30 heavy (non-hydrogen) atoms. The second-order valence-corrected chi connectivity index (χ2v) is 8.01. The standard InChI is InChI=1S/C20H20F3NO5S/c1-29-16-8-5-13(10-17(19(26)27)30(2)28)9-15(16)18(25)24-11-12-3-6-14(7-4-12)20(21,22)23/h3-9,17H,10-11H2,1-2H3,(H,24,25)(H,26,27). The molecule has 2 aromatic carbocycles. The predicted molar refractivity (Wildman–Crippen MR) is 105 cm³/mol. The third-order valence-electron chi connectivity index (χ3n) is 4.34. The van der Waals surface area contributed by atoms with Gasteiger partial charge >= 0.3 is 12.1 Å². The van der Waals surface area contributed by atoms with Crippen molar-refractivity contribution in [3.05, 3.63) is 64.7 Å². The van der Waals surface area contributed by atoms with Crippen LogP contribution < -0.4 is 10.1 Å². The first-order chi connectivity index (χ1) is 14.0. The van der Waals surface area contributed by atoms with E-state index in [9.17, 15) is 32.1 Å². The Morgan fingerprint density at radius 1 is 1.13 bits per heavy atom. The number of hydrogen-bond acceptors (Lipinski definition) is 4. The fourth-order valence-electron chi connectivity index (χ4n) is 2.71. The van der Waals surface area contributed by atoms with Gasteiger partial charge in [-0.3, -0.25) is 13.8 Å². The summed E-state index contributed by atoms with van der Waals surface area (Å²) in [4.78, 5) is 23.8. The van der Waals surface area contributed by atoms with E-state index in [1.807, 2.05) is 0 Å². The summed E-state index contributed by atoms with van der Waals surface area (Å²) in [6.07, 6.45) is -3.19. The van der Waals surface area contributed by atoms with Crippen molar-refractivity contribution in [2.45, 2.75) is 24.4 Å². The molecule has 10 heteroatoms. The summed E-state index contributed by atoms with van der Waals surface area (Å²) in [5.41, 5.74) is 0.304. The number of amides is 1. The zero-order valence-corrected chi connectivity index (χ0v) is 17.0. The van der Waals surface area contributed by atoms with Crippen molar-refractivity contribution in [1.29, 1.82) is 0 Å². The molecule has 2 rings (SSSR count). The zero-order chi connectivity index (χ0) is 22.5. The molecular formula is C20H20F3NO5S. The zero-order valence-electron chi connectivity index (χ0n) is 16.2. The average molecular weight is 443 g/mol. The molecule has 2 aromatic rings. The Balaban J connectivity index is 2.15. The van der Waals surface area contributed by atoms with Crippen LogP contribution in [0.5, 0.6) is 5.75 Å². The Hall–Kier alpha value is -2.88. The molecule has 0 saturated carbocycles. The molecule has 2 unspecified atom stereocenters. The van der Waals surface area contributed by atoms with Gasteiger partial charge in [0.2, 0.25) is 0 Å². The molecule has 162 valence electrons. The van der Waals surface area contributed by atoms with Crippen molar-refractivity contribution >= 4 is 22.7 Å². The van der Waals surface area contributed by atoms with Crippen LogP contribution in [0.3, 0.4) is 0 Å². The summed E-state index contributed by atoms with van der Waals surface area (Å²) in [6.45, 7) is -0.0128. The summed E-state index contributed by atoms with van der Waals surface area (Å²) in [7, 11) is -0.243. The minimum absolute atomic E-state index is 0.0128. The third kappa shape index (κ3) is 6.06. The number of ether oxygens (including phenoxy) is 1. The lowest BCUT2D eigenvalue weighted by atomic mass is 10.0. The van der Waals surface area contributed by atoms with E-state index in [2.05, 4.69) is 5.32 Å². The van der Waals surface area contributed by atoms with E-state index in [-0.39, 0.29) is 24.3 Å². The Bertz CT molecular complexity index is 930. The van der Waals surface area contributed by atoms with Crippen molar-refractivity contribution in [1.82, 2.24) is 5.32 Å². The van der Waals surface area contributed by atoms with Crippen molar-refractivity contribution in [2.75, 3.05) is 13.4 Å². The largest absolute Gasteiger partial charge is 0.496 e. The van der Waals surface area contributed by atoms with Crippen molar-refractivity contribution in [2.24, 2.45) is 0 Å². The van der Waals surface area contributed by atoms with Gasteiger partial charge in [-0.15, -0.1) is 0 Å². The van der Waals surface area contributed by atoms with Gasteiger partial charge in [0.05, 0.1) is 18.2 Å². The lowest BCUT2D eigenvalue weighted by Gasteiger charge is -2.14. The number of carboxylic acids is 1. The van der Waals surface area contributed by atoms with Crippen molar-refractivity contribution in [3.8, 4) is 5.75 Å². The van der Waals surface area contributed by atoms with Gasteiger partial charge in [0.25, 0.3) is 5.91 Å². The molecule has 0 spiro atoms. The molecule has 2 atom stereocenters. The lowest BCUT2D eigenvalue weighted by Crippen LogP contribution is -2.28. The SMILES string of the molecule is COc1ccc(CC(C(=O)O)S(C)=O)cc1C(=O)NCc1ccc(C(F)(F)F)cc1. The number of methoxy groups -OCH3 is 1. The van der Waals surface area contributed by atoms with Crippen molar-refractivity contribution in [3.63, 3.8) is 0 Å². The molecule has 0 fully saturated rings. The van der Waals surface area contributed by atoms with Gasteiger partial charge in [0, 0.05) is 23.6 Å². The van der Waals surface area contributed by atoms with E-state index in [0.717, 1.165) is 12.1 Å². The molecule has 2 N–H and O–H groups in total. The van der Waals surface area contributed by atoms with Crippen LogP contribution in [0.4, 0.5) is 13.2 Å². The molecule has 0 heterocycles. The third-order valence-corrected chi connectivity index (χ3v) is 5.51. The highest BCUT2D eigenvalue weighted by molar-refractivity contribution is 7.85. The maximum Gasteiger partial charge on any atom is 0.416 e. The van der Waals surface area contributed by atoms with E-state index in [4.69, 9.17) is 4.74 Å². The van der Waals surface area contributed by atoms with Crippen LogP contribution in [0.25, 0.3) is 0 Å². The minimum Gasteiger partial charge on any atom is -0.496 e. The number of carbonyl (C=O) groups is 2. The Labute approximate surface area is 173 Å². The van der Waals surface area contributed by atoms with Crippen LogP contribution in [-0.2, 0) is 34.7 Å². The average Bonchev–Trinajstić information content (AvgIpc) is 2.69. The number of nitrogens with one attached hydrogen (secondary N) is 1. The van der Waals surface area contributed by atoms with Gasteiger partial charge < -0.3 is 15.2 Å². The molecule has 0 aliphatic rings.